The molecule has 2 aliphatic rings. The van der Waals surface area contributed by atoms with Crippen LogP contribution in [0.4, 0.5) is 35.5 Å². The van der Waals surface area contributed by atoms with Gasteiger partial charge in [-0.2, -0.15) is 35.0 Å². The summed E-state index contributed by atoms with van der Waals surface area (Å²) in [5.41, 5.74) is 0.294. The highest BCUT2D eigenvalue weighted by atomic mass is 32.2. The number of H-pyrrole nitrogens is 1. The largest absolute Gasteiger partial charge is 0.494 e. The molecule has 1 amide bonds. The Hall–Kier alpha value is -3.98. The van der Waals surface area contributed by atoms with E-state index in [4.69, 9.17) is 14.2 Å². The summed E-state index contributed by atoms with van der Waals surface area (Å²) in [6.07, 6.45) is -8.88. The molecule has 2 aromatic carbocycles. The minimum atomic E-state index is -6.56. The van der Waals surface area contributed by atoms with Gasteiger partial charge in [-0.15, -0.1) is 0 Å². The number of amides is 1. The first kappa shape index (κ1) is 41.2. The SMILES string of the molecule is CC(C)CN(C[C@@H](O)[C@H](Cc1ccccc1)NC(=O)O[C@H]1CO[C@H]2OCC[C@H]21)S(=O)(=O)c1ccc2[nH]c(O)c(C=NCC(F)(F)C(F)(F)C(F)(F)F)c2c1. The summed E-state index contributed by atoms with van der Waals surface area (Å²) < 4.78 is 138. The summed E-state index contributed by atoms with van der Waals surface area (Å²) in [4.78, 5) is 18.2. The molecule has 5 atom stereocenters. The molecule has 20 heteroatoms. The topological polar surface area (TPSA) is 163 Å². The highest BCUT2D eigenvalue weighted by molar-refractivity contribution is 7.89. The number of hydrogen-bond donors (Lipinski definition) is 4. The fourth-order valence-corrected chi connectivity index (χ4v) is 7.86. The number of hydrogen-bond acceptors (Lipinski definition) is 9. The zero-order valence-corrected chi connectivity index (χ0v) is 29.7. The molecule has 0 bridgehead atoms. The maximum absolute atomic E-state index is 14.1. The number of aliphatic hydroxyl groups is 1. The first-order valence-electron chi connectivity index (χ1n) is 16.8. The number of alkyl halides is 7. The molecule has 12 nitrogen and oxygen atoms in total. The zero-order valence-electron chi connectivity index (χ0n) is 28.9. The molecule has 0 radical (unpaired) electrons. The molecule has 3 heterocycles. The minimum absolute atomic E-state index is 0.0458. The maximum Gasteiger partial charge on any atom is 0.459 e. The van der Waals surface area contributed by atoms with Crippen molar-refractivity contribution in [2.45, 2.75) is 74.1 Å². The lowest BCUT2D eigenvalue weighted by Crippen LogP contribution is -2.53. The van der Waals surface area contributed by atoms with Gasteiger partial charge in [0.2, 0.25) is 10.0 Å². The minimum Gasteiger partial charge on any atom is -0.494 e. The lowest BCUT2D eigenvalue weighted by Gasteiger charge is -2.31. The standard InChI is InChI=1S/C34H39F7N4O8S/c1-19(2)15-45(16-27(46)26(12-20-6-4-3-5-7-20)44-31(48)53-28-17-52-30-22(28)10-11-51-30)54(49,50)21-8-9-25-23(13-21)24(29(47)43-25)14-42-18-32(35,36)33(37,38)34(39,40)41/h3-9,13-14,19,22,26-28,30,43,46-47H,10-12,15-18H2,1-2H3,(H,44,48)/t22-,26-,27+,28-,30+/m0/s1. The zero-order chi connectivity index (χ0) is 39.6. The molecule has 0 aliphatic carbocycles. The molecule has 0 spiro atoms. The number of nitrogens with one attached hydrogen (secondary N) is 2. The van der Waals surface area contributed by atoms with E-state index in [0.717, 1.165) is 16.4 Å². The van der Waals surface area contributed by atoms with Gasteiger partial charge < -0.3 is 34.7 Å². The van der Waals surface area contributed by atoms with Crippen molar-refractivity contribution in [3.05, 3.63) is 59.7 Å². The van der Waals surface area contributed by atoms with E-state index < -0.39 is 88.1 Å². The molecule has 298 valence electrons. The molecule has 54 heavy (non-hydrogen) atoms. The molecule has 2 aliphatic heterocycles. The Balaban J connectivity index is 1.38. The van der Waals surface area contributed by atoms with Gasteiger partial charge in [0, 0.05) is 30.2 Å². The van der Waals surface area contributed by atoms with Crippen molar-refractivity contribution in [2.24, 2.45) is 16.8 Å². The highest BCUT2D eigenvalue weighted by Gasteiger charge is 2.72. The van der Waals surface area contributed by atoms with Crippen LogP contribution in [0.2, 0.25) is 0 Å². The summed E-state index contributed by atoms with van der Waals surface area (Å²) in [5.74, 6) is -13.3. The Morgan fingerprint density at radius 2 is 1.80 bits per heavy atom. The quantitative estimate of drug-likeness (QED) is 0.120. The van der Waals surface area contributed by atoms with Gasteiger partial charge >= 0.3 is 24.1 Å². The van der Waals surface area contributed by atoms with Crippen molar-refractivity contribution in [2.75, 3.05) is 32.8 Å². The van der Waals surface area contributed by atoms with E-state index in [1.54, 1.807) is 44.2 Å². The predicted molar refractivity (Wildman–Crippen MR) is 179 cm³/mol. The number of alkyl carbamates (subject to hydrolysis) is 1. The molecule has 4 N–H and O–H groups in total. The number of nitrogens with zero attached hydrogens (tertiary/aromatic N) is 2. The number of ether oxygens (including phenoxy) is 3. The third-order valence-electron chi connectivity index (χ3n) is 9.02. The number of benzene rings is 2. The number of aromatic hydroxyl groups is 1. The van der Waals surface area contributed by atoms with Gasteiger partial charge in [-0.25, -0.2) is 13.2 Å². The monoisotopic (exact) mass is 796 g/mol. The van der Waals surface area contributed by atoms with E-state index in [2.05, 4.69) is 15.3 Å². The third-order valence-corrected chi connectivity index (χ3v) is 10.8. The van der Waals surface area contributed by atoms with Crippen LogP contribution in [0, 0.1) is 11.8 Å². The Morgan fingerprint density at radius 1 is 1.09 bits per heavy atom. The van der Waals surface area contributed by atoms with E-state index in [-0.39, 0.29) is 42.3 Å². The van der Waals surface area contributed by atoms with Crippen molar-refractivity contribution in [1.29, 1.82) is 0 Å². The fourth-order valence-electron chi connectivity index (χ4n) is 6.21. The van der Waals surface area contributed by atoms with Crippen molar-refractivity contribution < 1.29 is 68.4 Å². The smallest absolute Gasteiger partial charge is 0.459 e. The number of aromatic amines is 1. The third kappa shape index (κ3) is 8.93. The number of sulfonamides is 1. The van der Waals surface area contributed by atoms with Gasteiger partial charge in [-0.05, 0) is 42.5 Å². The molecule has 2 fully saturated rings. The molecule has 2 saturated heterocycles. The molecule has 3 aromatic rings. The number of halogens is 7. The molecule has 5 rings (SSSR count). The van der Waals surface area contributed by atoms with Crippen LogP contribution in [-0.2, 0) is 30.7 Å². The fraction of sp³-hybridized carbons (Fsp3) is 0.529. The van der Waals surface area contributed by atoms with E-state index in [0.29, 0.717) is 24.8 Å². The highest BCUT2D eigenvalue weighted by Crippen LogP contribution is 2.46. The second-order valence-corrected chi connectivity index (χ2v) is 15.5. The van der Waals surface area contributed by atoms with Gasteiger partial charge in [-0.3, -0.25) is 4.99 Å². The summed E-state index contributed by atoms with van der Waals surface area (Å²) in [7, 11) is -4.52. The molecule has 0 saturated carbocycles. The Kier molecular flexibility index (Phi) is 12.2. The van der Waals surface area contributed by atoms with Crippen LogP contribution in [0.1, 0.15) is 31.4 Å². The van der Waals surface area contributed by atoms with Crippen molar-refractivity contribution >= 4 is 33.2 Å². The van der Waals surface area contributed by atoms with Gasteiger partial charge in [0.15, 0.2) is 12.2 Å². The number of carbonyl (C=O) groups excluding carboxylic acids is 1. The van der Waals surface area contributed by atoms with Crippen molar-refractivity contribution in [1.82, 2.24) is 14.6 Å². The lowest BCUT2D eigenvalue weighted by molar-refractivity contribution is -0.351. The number of aromatic nitrogens is 1. The van der Waals surface area contributed by atoms with Gasteiger partial charge in [0.1, 0.15) is 12.6 Å². The maximum atomic E-state index is 14.1. The number of aliphatic hydroxyl groups excluding tert-OH is 1. The van der Waals surface area contributed by atoms with Gasteiger partial charge in [0.05, 0.1) is 41.7 Å². The van der Waals surface area contributed by atoms with E-state index in [1.807, 2.05) is 0 Å². The van der Waals surface area contributed by atoms with Crippen LogP contribution in [0.5, 0.6) is 5.88 Å². The van der Waals surface area contributed by atoms with Crippen LogP contribution in [0.25, 0.3) is 10.9 Å². The summed E-state index contributed by atoms with van der Waals surface area (Å²) >= 11 is 0. The normalized spacial score (nSPS) is 20.9. The van der Waals surface area contributed by atoms with E-state index in [1.165, 1.54) is 6.07 Å². The predicted octanol–water partition coefficient (Wildman–Crippen LogP) is 5.23. The van der Waals surface area contributed by atoms with Crippen LogP contribution in [-0.4, -0.2) is 116 Å². The lowest BCUT2D eigenvalue weighted by atomic mass is 10.0. The van der Waals surface area contributed by atoms with Crippen molar-refractivity contribution in [3.8, 4) is 5.88 Å². The second kappa shape index (κ2) is 16.0. The van der Waals surface area contributed by atoms with Crippen LogP contribution in [0.3, 0.4) is 0 Å². The number of fused-ring (bicyclic) bond motifs is 2. The summed E-state index contributed by atoms with van der Waals surface area (Å²) in [5, 5.41) is 24.4. The Morgan fingerprint density at radius 3 is 2.46 bits per heavy atom. The first-order valence-corrected chi connectivity index (χ1v) is 18.2. The second-order valence-electron chi connectivity index (χ2n) is 13.5. The van der Waals surface area contributed by atoms with E-state index >= 15 is 0 Å². The van der Waals surface area contributed by atoms with Crippen molar-refractivity contribution in [3.63, 3.8) is 0 Å². The number of aliphatic imine (C=N–C) groups is 1. The van der Waals surface area contributed by atoms with Gasteiger partial charge in [-0.1, -0.05) is 44.2 Å². The molecular weight excluding hydrogens is 757 g/mol. The number of carbonyl (C=O) groups is 1. The summed E-state index contributed by atoms with van der Waals surface area (Å²) in [6.45, 7) is 1.04. The Bertz CT molecular complexity index is 1910. The first-order chi connectivity index (χ1) is 25.2. The van der Waals surface area contributed by atoms with Crippen LogP contribution >= 0.6 is 0 Å². The molecule has 1 aromatic heterocycles. The average molecular weight is 797 g/mol. The van der Waals surface area contributed by atoms with Crippen LogP contribution in [0.15, 0.2) is 58.4 Å². The average Bonchev–Trinajstić information content (AvgIpc) is 3.79. The summed E-state index contributed by atoms with van der Waals surface area (Å²) in [6, 6.07) is 11.1. The molecular formula is C34H39F7N4O8S. The van der Waals surface area contributed by atoms with E-state index in [9.17, 15) is 54.2 Å². The van der Waals surface area contributed by atoms with Crippen LogP contribution < -0.4 is 5.32 Å². The Labute approximate surface area is 305 Å². The number of rotatable bonds is 15. The van der Waals surface area contributed by atoms with Gasteiger partial charge in [0.25, 0.3) is 0 Å². The molecule has 0 unspecified atom stereocenters.